The van der Waals surface area contributed by atoms with Gasteiger partial charge in [0.25, 0.3) is 10.2 Å². The number of piperidine rings is 1. The number of carbonyl (C=O) groups is 1. The highest BCUT2D eigenvalue weighted by atomic mass is 32.2. The molecule has 0 amide bonds. The monoisotopic (exact) mass is 305 g/mol. The van der Waals surface area contributed by atoms with E-state index in [1.54, 1.807) is 0 Å². The zero-order valence-electron chi connectivity index (χ0n) is 11.5. The lowest BCUT2D eigenvalue weighted by Gasteiger charge is -2.34. The van der Waals surface area contributed by atoms with E-state index < -0.39 is 22.1 Å². The average molecular weight is 305 g/mol. The topological polar surface area (TPSA) is 113 Å². The lowest BCUT2D eigenvalue weighted by atomic mass is 9.92. The summed E-state index contributed by atoms with van der Waals surface area (Å²) in [5.74, 6) is -1.54. The number of hydrogen-bond acceptors (Lipinski definition) is 4. The third-order valence-corrected chi connectivity index (χ3v) is 5.81. The van der Waals surface area contributed by atoms with Crippen LogP contribution in [0, 0.1) is 5.92 Å². The van der Waals surface area contributed by atoms with Crippen LogP contribution in [0.3, 0.4) is 0 Å². The Morgan fingerprint density at radius 2 is 1.90 bits per heavy atom. The van der Waals surface area contributed by atoms with Crippen molar-refractivity contribution in [3.63, 3.8) is 0 Å². The van der Waals surface area contributed by atoms with Crippen LogP contribution in [0.5, 0.6) is 0 Å². The molecule has 4 N–H and O–H groups in total. The van der Waals surface area contributed by atoms with Crippen molar-refractivity contribution < 1.29 is 18.3 Å². The first-order valence-corrected chi connectivity index (χ1v) is 8.60. The maximum absolute atomic E-state index is 12.3. The Morgan fingerprint density at radius 3 is 2.55 bits per heavy atom. The molecule has 1 saturated heterocycles. The zero-order chi connectivity index (χ0) is 14.8. The minimum absolute atomic E-state index is 0.0482. The number of carboxylic acids is 1. The van der Waals surface area contributed by atoms with E-state index >= 15 is 0 Å². The molecule has 7 nitrogen and oxygen atoms in total. The SMILES string of the molecule is NC1CCCCC1NS(=O)(=O)N1CCCC(C(=O)O)C1. The van der Waals surface area contributed by atoms with Crippen LogP contribution in [0.25, 0.3) is 0 Å². The predicted molar refractivity (Wildman–Crippen MR) is 74.2 cm³/mol. The van der Waals surface area contributed by atoms with E-state index in [2.05, 4.69) is 4.72 Å². The van der Waals surface area contributed by atoms with Gasteiger partial charge < -0.3 is 10.8 Å². The molecule has 0 radical (unpaired) electrons. The quantitative estimate of drug-likeness (QED) is 0.670. The molecule has 2 fully saturated rings. The van der Waals surface area contributed by atoms with Crippen LogP contribution in [-0.2, 0) is 15.0 Å². The molecule has 3 unspecified atom stereocenters. The average Bonchev–Trinajstić information content (AvgIpc) is 2.41. The number of rotatable bonds is 4. The Bertz CT molecular complexity index is 454. The standard InChI is InChI=1S/C12H23N3O4S/c13-10-5-1-2-6-11(10)14-20(18,19)15-7-3-4-9(8-15)12(16)17/h9-11,14H,1-8,13H2,(H,16,17). The van der Waals surface area contributed by atoms with Crippen molar-refractivity contribution in [2.75, 3.05) is 13.1 Å². The minimum Gasteiger partial charge on any atom is -0.481 e. The molecule has 2 aliphatic rings. The number of carboxylic acid groups (broad SMARTS) is 1. The first-order chi connectivity index (χ1) is 9.40. The molecule has 1 aliphatic carbocycles. The van der Waals surface area contributed by atoms with Crippen LogP contribution in [0.15, 0.2) is 0 Å². The molecule has 1 aliphatic heterocycles. The van der Waals surface area contributed by atoms with Crippen molar-refractivity contribution in [3.05, 3.63) is 0 Å². The van der Waals surface area contributed by atoms with Crippen LogP contribution in [0.1, 0.15) is 38.5 Å². The molecule has 0 aromatic heterocycles. The molecule has 1 saturated carbocycles. The van der Waals surface area contributed by atoms with Crippen molar-refractivity contribution in [2.24, 2.45) is 11.7 Å². The predicted octanol–water partition coefficient (Wildman–Crippen LogP) is -0.113. The maximum atomic E-state index is 12.3. The number of hydrogen-bond donors (Lipinski definition) is 3. The van der Waals surface area contributed by atoms with Crippen molar-refractivity contribution in [2.45, 2.75) is 50.6 Å². The second-order valence-corrected chi connectivity index (χ2v) is 7.42. The number of nitrogens with two attached hydrogens (primary N) is 1. The third kappa shape index (κ3) is 3.69. The highest BCUT2D eigenvalue weighted by molar-refractivity contribution is 7.87. The molecule has 0 aromatic carbocycles. The minimum atomic E-state index is -3.64. The summed E-state index contributed by atoms with van der Waals surface area (Å²) in [7, 11) is -3.64. The van der Waals surface area contributed by atoms with Crippen molar-refractivity contribution in [1.29, 1.82) is 0 Å². The van der Waals surface area contributed by atoms with Crippen LogP contribution >= 0.6 is 0 Å². The highest BCUT2D eigenvalue weighted by Gasteiger charge is 2.34. The van der Waals surface area contributed by atoms with Gasteiger partial charge in [-0.05, 0) is 25.7 Å². The second-order valence-electron chi connectivity index (χ2n) is 5.71. The molecule has 1 heterocycles. The lowest BCUT2D eigenvalue weighted by Crippen LogP contribution is -2.55. The first-order valence-electron chi connectivity index (χ1n) is 7.16. The Labute approximate surface area is 119 Å². The van der Waals surface area contributed by atoms with Gasteiger partial charge in [0.2, 0.25) is 0 Å². The Morgan fingerprint density at radius 1 is 1.20 bits per heavy atom. The van der Waals surface area contributed by atoms with Crippen LogP contribution in [-0.4, -0.2) is 49.0 Å². The van der Waals surface area contributed by atoms with E-state index in [-0.39, 0.29) is 18.6 Å². The van der Waals surface area contributed by atoms with Crippen molar-refractivity contribution >= 4 is 16.2 Å². The highest BCUT2D eigenvalue weighted by Crippen LogP contribution is 2.21. The second kappa shape index (κ2) is 6.38. The summed E-state index contributed by atoms with van der Waals surface area (Å²) in [6.45, 7) is 0.424. The van der Waals surface area contributed by atoms with Crippen molar-refractivity contribution in [1.82, 2.24) is 9.03 Å². The van der Waals surface area contributed by atoms with Gasteiger partial charge in [0.1, 0.15) is 0 Å². The zero-order valence-corrected chi connectivity index (χ0v) is 12.3. The third-order valence-electron chi connectivity index (χ3n) is 4.19. The van der Waals surface area contributed by atoms with Crippen molar-refractivity contribution in [3.8, 4) is 0 Å². The molecule has 0 aromatic rings. The largest absolute Gasteiger partial charge is 0.481 e. The summed E-state index contributed by atoms with van der Waals surface area (Å²) >= 11 is 0. The van der Waals surface area contributed by atoms with E-state index in [1.807, 2.05) is 0 Å². The summed E-state index contributed by atoms with van der Waals surface area (Å²) in [6, 6.07) is -0.391. The summed E-state index contributed by atoms with van der Waals surface area (Å²) in [5, 5.41) is 9.02. The Balaban J connectivity index is 2.00. The van der Waals surface area contributed by atoms with Gasteiger partial charge in [-0.15, -0.1) is 0 Å². The van der Waals surface area contributed by atoms with Gasteiger partial charge >= 0.3 is 5.97 Å². The van der Waals surface area contributed by atoms with E-state index in [0.29, 0.717) is 19.4 Å². The summed E-state index contributed by atoms with van der Waals surface area (Å²) in [5.41, 5.74) is 5.95. The van der Waals surface area contributed by atoms with Crippen LogP contribution in [0.2, 0.25) is 0 Å². The number of nitrogens with zero attached hydrogens (tertiary/aromatic N) is 1. The molecule has 0 bridgehead atoms. The molecule has 8 heteroatoms. The number of aliphatic carboxylic acids is 1. The van der Waals surface area contributed by atoms with E-state index in [0.717, 1.165) is 25.7 Å². The maximum Gasteiger partial charge on any atom is 0.307 e. The Hall–Kier alpha value is -0.700. The van der Waals surface area contributed by atoms with Crippen LogP contribution < -0.4 is 10.5 Å². The normalized spacial score (nSPS) is 33.0. The summed E-state index contributed by atoms with van der Waals surface area (Å²) in [4.78, 5) is 11.0. The summed E-state index contributed by atoms with van der Waals surface area (Å²) in [6.07, 6.45) is 4.68. The molecular formula is C12H23N3O4S. The Kier molecular flexibility index (Phi) is 5.00. The summed E-state index contributed by atoms with van der Waals surface area (Å²) < 4.78 is 28.6. The van der Waals surface area contributed by atoms with Gasteiger partial charge in [-0.2, -0.15) is 17.4 Å². The molecule has 116 valence electrons. The molecular weight excluding hydrogens is 282 g/mol. The molecule has 3 atom stereocenters. The van der Waals surface area contributed by atoms with Gasteiger partial charge in [-0.3, -0.25) is 4.79 Å². The smallest absolute Gasteiger partial charge is 0.307 e. The van der Waals surface area contributed by atoms with Gasteiger partial charge in [-0.25, -0.2) is 0 Å². The molecule has 20 heavy (non-hydrogen) atoms. The van der Waals surface area contributed by atoms with Gasteiger partial charge in [0.05, 0.1) is 5.92 Å². The van der Waals surface area contributed by atoms with Crippen LogP contribution in [0.4, 0.5) is 0 Å². The number of nitrogens with one attached hydrogen (secondary N) is 1. The van der Waals surface area contributed by atoms with E-state index in [4.69, 9.17) is 10.8 Å². The first kappa shape index (κ1) is 15.7. The molecule has 0 spiro atoms. The van der Waals surface area contributed by atoms with E-state index in [1.165, 1.54) is 4.31 Å². The fraction of sp³-hybridized carbons (Fsp3) is 0.917. The van der Waals surface area contributed by atoms with E-state index in [9.17, 15) is 13.2 Å². The fourth-order valence-electron chi connectivity index (χ4n) is 2.93. The fourth-order valence-corrected chi connectivity index (χ4v) is 4.50. The molecule has 2 rings (SSSR count). The lowest BCUT2D eigenvalue weighted by molar-refractivity contribution is -0.142. The van der Waals surface area contributed by atoms with Gasteiger partial charge in [0, 0.05) is 25.2 Å². The van der Waals surface area contributed by atoms with Gasteiger partial charge in [-0.1, -0.05) is 12.8 Å². The van der Waals surface area contributed by atoms with Gasteiger partial charge in [0.15, 0.2) is 0 Å².